The van der Waals surface area contributed by atoms with Gasteiger partial charge in [0, 0.05) is 0 Å². The van der Waals surface area contributed by atoms with Crippen molar-refractivity contribution in [3.63, 3.8) is 0 Å². The predicted molar refractivity (Wildman–Crippen MR) is 76.1 cm³/mol. The van der Waals surface area contributed by atoms with E-state index in [0.717, 1.165) is 12.2 Å². The van der Waals surface area contributed by atoms with E-state index in [0.29, 0.717) is 19.4 Å². The lowest BCUT2D eigenvalue weighted by Crippen LogP contribution is -2.19. The molecule has 0 aliphatic carbocycles. The van der Waals surface area contributed by atoms with E-state index in [1.807, 2.05) is 30.3 Å². The van der Waals surface area contributed by atoms with Gasteiger partial charge in [0.1, 0.15) is 11.5 Å². The molecule has 1 rings (SSSR count). The Morgan fingerprint density at radius 2 is 1.83 bits per heavy atom. The maximum atomic E-state index is 10.8. The fourth-order valence-electron chi connectivity index (χ4n) is 1.33. The Hall–Kier alpha value is -0.390. The molecule has 0 aromatic heterocycles. The van der Waals surface area contributed by atoms with Crippen LogP contribution in [0.1, 0.15) is 19.3 Å². The third-order valence-corrected chi connectivity index (χ3v) is 3.46. The molecule has 4 N–H and O–H groups in total. The van der Waals surface area contributed by atoms with Crippen molar-refractivity contribution >= 4 is 24.6 Å². The van der Waals surface area contributed by atoms with Crippen LogP contribution in [-0.4, -0.2) is 22.2 Å². The zero-order valence-electron chi connectivity index (χ0n) is 9.94. The number of hydrogen-bond donors (Lipinski definition) is 3. The van der Waals surface area contributed by atoms with Gasteiger partial charge in [-0.25, -0.2) is 0 Å². The van der Waals surface area contributed by atoms with Gasteiger partial charge in [0.05, 0.1) is 6.61 Å². The summed E-state index contributed by atoms with van der Waals surface area (Å²) in [7, 11) is -4.13. The highest BCUT2D eigenvalue weighted by Gasteiger charge is 2.23. The van der Waals surface area contributed by atoms with Crippen LogP contribution in [0.3, 0.4) is 0 Å². The monoisotopic (exact) mass is 339 g/mol. The summed E-state index contributed by atoms with van der Waals surface area (Å²) in [4.78, 5) is 17.6. The number of ether oxygens (including phenoxy) is 1. The van der Waals surface area contributed by atoms with Crippen LogP contribution in [0.4, 0.5) is 0 Å². The number of para-hydroxylation sites is 1. The fourth-order valence-corrected chi connectivity index (χ4v) is 1.85. The largest absolute Gasteiger partial charge is 0.494 e. The van der Waals surface area contributed by atoms with Gasteiger partial charge in [-0.1, -0.05) is 18.2 Å². The number of nitrogens with two attached hydrogens (primary N) is 1. The third-order valence-electron chi connectivity index (χ3n) is 2.34. The van der Waals surface area contributed by atoms with E-state index in [-0.39, 0.29) is 17.0 Å². The van der Waals surface area contributed by atoms with Gasteiger partial charge >= 0.3 is 7.60 Å². The van der Waals surface area contributed by atoms with Crippen LogP contribution in [0.5, 0.6) is 5.75 Å². The Kier molecular flexibility index (Phi) is 8.48. The first-order chi connectivity index (χ1) is 8.00. The first-order valence-corrected chi connectivity index (χ1v) is 7.17. The quantitative estimate of drug-likeness (QED) is 0.523. The first-order valence-electron chi connectivity index (χ1n) is 5.49. The Labute approximate surface area is 117 Å². The van der Waals surface area contributed by atoms with E-state index in [9.17, 15) is 4.57 Å². The molecule has 0 saturated heterocycles. The van der Waals surface area contributed by atoms with Crippen LogP contribution < -0.4 is 10.5 Å². The molecule has 7 heteroatoms. The molecule has 0 saturated carbocycles. The minimum Gasteiger partial charge on any atom is -0.494 e. The highest BCUT2D eigenvalue weighted by atomic mass is 79.9. The smallest absolute Gasteiger partial charge is 0.342 e. The van der Waals surface area contributed by atoms with Crippen molar-refractivity contribution < 1.29 is 19.1 Å². The second kappa shape index (κ2) is 8.67. The number of unbranched alkanes of at least 4 members (excludes halogenated alkanes) is 1. The second-order valence-corrected chi connectivity index (χ2v) is 5.66. The van der Waals surface area contributed by atoms with Crippen molar-refractivity contribution in [2.24, 2.45) is 5.73 Å². The molecule has 18 heavy (non-hydrogen) atoms. The molecule has 0 amide bonds. The zero-order chi connectivity index (χ0) is 12.7. The van der Waals surface area contributed by atoms with E-state index in [4.69, 9.17) is 20.3 Å². The standard InChI is InChI=1S/C11H18NO4P.BrH/c12-11(17(13,14)15)8-4-5-9-16-10-6-2-1-3-7-10;/h1-3,6-7,11H,4-5,8-9,12H2,(H2,13,14,15);1H. The molecular weight excluding hydrogens is 321 g/mol. The van der Waals surface area contributed by atoms with Crippen LogP contribution in [0.2, 0.25) is 0 Å². The molecule has 0 radical (unpaired) electrons. The Balaban J connectivity index is 0.00000289. The van der Waals surface area contributed by atoms with E-state index in [1.165, 1.54) is 0 Å². The molecule has 0 fully saturated rings. The highest BCUT2D eigenvalue weighted by molar-refractivity contribution is 8.93. The van der Waals surface area contributed by atoms with Gasteiger partial charge in [-0.3, -0.25) is 4.57 Å². The number of rotatable bonds is 7. The molecule has 0 spiro atoms. The van der Waals surface area contributed by atoms with Crippen molar-refractivity contribution in [1.29, 1.82) is 0 Å². The molecule has 1 unspecified atom stereocenters. The SMILES string of the molecule is Br.NC(CCCCOc1ccccc1)P(=O)(O)O. The molecule has 1 atom stereocenters. The van der Waals surface area contributed by atoms with Gasteiger partial charge in [0.25, 0.3) is 0 Å². The summed E-state index contributed by atoms with van der Waals surface area (Å²) >= 11 is 0. The summed E-state index contributed by atoms with van der Waals surface area (Å²) in [6.07, 6.45) is 1.67. The maximum Gasteiger partial charge on any atom is 0.342 e. The van der Waals surface area contributed by atoms with E-state index in [1.54, 1.807) is 0 Å². The Morgan fingerprint density at radius 3 is 2.39 bits per heavy atom. The molecule has 0 heterocycles. The molecule has 5 nitrogen and oxygen atoms in total. The molecule has 0 aliphatic rings. The lowest BCUT2D eigenvalue weighted by molar-refractivity contribution is 0.301. The zero-order valence-corrected chi connectivity index (χ0v) is 12.5. The Morgan fingerprint density at radius 1 is 1.22 bits per heavy atom. The minimum absolute atomic E-state index is 0. The van der Waals surface area contributed by atoms with Crippen LogP contribution >= 0.6 is 24.6 Å². The van der Waals surface area contributed by atoms with Crippen LogP contribution in [-0.2, 0) is 4.57 Å². The average Bonchev–Trinajstić information content (AvgIpc) is 2.28. The lowest BCUT2D eigenvalue weighted by Gasteiger charge is -2.12. The van der Waals surface area contributed by atoms with Crippen molar-refractivity contribution in [2.75, 3.05) is 6.61 Å². The summed E-state index contributed by atoms with van der Waals surface area (Å²) in [5.74, 6) is -0.258. The van der Waals surface area contributed by atoms with Gasteiger partial charge in [-0.15, -0.1) is 17.0 Å². The highest BCUT2D eigenvalue weighted by Crippen LogP contribution is 2.40. The number of halogens is 1. The van der Waals surface area contributed by atoms with Gasteiger partial charge in [-0.05, 0) is 31.4 Å². The summed E-state index contributed by atoms with van der Waals surface area (Å²) in [5, 5.41) is 0. The number of benzene rings is 1. The first kappa shape index (κ1) is 17.6. The van der Waals surface area contributed by atoms with Gasteiger partial charge in [-0.2, -0.15) is 0 Å². The third kappa shape index (κ3) is 7.13. The molecular formula is C11H19BrNO4P. The summed E-state index contributed by atoms with van der Waals surface area (Å²) in [5.41, 5.74) is 5.34. The maximum absolute atomic E-state index is 10.8. The lowest BCUT2D eigenvalue weighted by atomic mass is 10.2. The predicted octanol–water partition coefficient (Wildman–Crippen LogP) is 2.28. The van der Waals surface area contributed by atoms with Gasteiger partial charge in [0.15, 0.2) is 0 Å². The normalized spacial score (nSPS) is 12.6. The Bertz CT molecular complexity index is 371. The molecule has 1 aromatic carbocycles. The topological polar surface area (TPSA) is 92.8 Å². The van der Waals surface area contributed by atoms with Crippen LogP contribution in [0.15, 0.2) is 30.3 Å². The second-order valence-electron chi connectivity index (χ2n) is 3.81. The average molecular weight is 340 g/mol. The summed E-state index contributed by atoms with van der Waals surface area (Å²) in [6, 6.07) is 9.41. The molecule has 104 valence electrons. The molecule has 0 aliphatic heterocycles. The van der Waals surface area contributed by atoms with Crippen molar-refractivity contribution in [3.8, 4) is 5.75 Å². The van der Waals surface area contributed by atoms with Crippen molar-refractivity contribution in [2.45, 2.75) is 25.0 Å². The van der Waals surface area contributed by atoms with Crippen molar-refractivity contribution in [3.05, 3.63) is 30.3 Å². The fraction of sp³-hybridized carbons (Fsp3) is 0.455. The number of hydrogen-bond acceptors (Lipinski definition) is 3. The van der Waals surface area contributed by atoms with Crippen molar-refractivity contribution in [1.82, 2.24) is 0 Å². The van der Waals surface area contributed by atoms with E-state index in [2.05, 4.69) is 0 Å². The van der Waals surface area contributed by atoms with Gasteiger partial charge < -0.3 is 20.3 Å². The summed E-state index contributed by atoms with van der Waals surface area (Å²) < 4.78 is 16.2. The van der Waals surface area contributed by atoms with Crippen LogP contribution in [0.25, 0.3) is 0 Å². The molecule has 0 bridgehead atoms. The summed E-state index contributed by atoms with van der Waals surface area (Å²) in [6.45, 7) is 0.526. The van der Waals surface area contributed by atoms with Gasteiger partial charge in [0.2, 0.25) is 0 Å². The van der Waals surface area contributed by atoms with E-state index >= 15 is 0 Å². The molecule has 1 aromatic rings. The minimum atomic E-state index is -4.13. The van der Waals surface area contributed by atoms with E-state index < -0.39 is 13.4 Å². The van der Waals surface area contributed by atoms with Crippen LogP contribution in [0, 0.1) is 0 Å².